The molecule has 0 fully saturated rings. The summed E-state index contributed by atoms with van der Waals surface area (Å²) >= 11 is -0.883. The third kappa shape index (κ3) is 4.62. The van der Waals surface area contributed by atoms with E-state index in [1.54, 1.807) is 6.26 Å². The summed E-state index contributed by atoms with van der Waals surface area (Å²) in [6.45, 7) is 3.74. The quantitative estimate of drug-likeness (QED) is 0.664. The zero-order valence-electron chi connectivity index (χ0n) is 7.74. The monoisotopic (exact) mass is 192 g/mol. The Kier molecular flexibility index (Phi) is 5.33. The molecule has 0 aromatic heterocycles. The Labute approximate surface area is 76.3 Å². The maximum absolute atomic E-state index is 10.7. The summed E-state index contributed by atoms with van der Waals surface area (Å²) in [6, 6.07) is 0. The van der Waals surface area contributed by atoms with Crippen molar-refractivity contribution in [3.63, 3.8) is 0 Å². The fourth-order valence-electron chi connectivity index (χ4n) is 1.03. The Bertz CT molecular complexity index is 145. The summed E-state index contributed by atoms with van der Waals surface area (Å²) in [5, 5.41) is 8.76. The van der Waals surface area contributed by atoms with Gasteiger partial charge in [-0.1, -0.05) is 25.0 Å². The first-order valence-corrected chi connectivity index (χ1v) is 5.70. The molecule has 3 nitrogen and oxygen atoms in total. The van der Waals surface area contributed by atoms with Gasteiger partial charge in [-0.3, -0.25) is 4.79 Å². The molecule has 0 aliphatic heterocycles. The Balaban J connectivity index is 3.88. The summed E-state index contributed by atoms with van der Waals surface area (Å²) in [6.07, 6.45) is 2.11. The maximum atomic E-state index is 10.7. The third-order valence-electron chi connectivity index (χ3n) is 1.84. The highest BCUT2D eigenvalue weighted by Gasteiger charge is 2.22. The molecule has 72 valence electrons. The van der Waals surface area contributed by atoms with Crippen molar-refractivity contribution in [1.82, 2.24) is 0 Å². The number of hydrogen-bond donors (Lipinski definition) is 1. The number of rotatable bonds is 5. The summed E-state index contributed by atoms with van der Waals surface area (Å²) in [5.41, 5.74) is 0. The van der Waals surface area contributed by atoms with E-state index < -0.39 is 17.1 Å². The van der Waals surface area contributed by atoms with Gasteiger partial charge in [0.25, 0.3) is 0 Å². The van der Waals surface area contributed by atoms with Crippen LogP contribution in [0.1, 0.15) is 20.3 Å². The van der Waals surface area contributed by atoms with E-state index in [1.165, 1.54) is 0 Å². The van der Waals surface area contributed by atoms with Gasteiger partial charge in [0.2, 0.25) is 0 Å². The summed E-state index contributed by atoms with van der Waals surface area (Å²) < 4.78 is 10.7. The van der Waals surface area contributed by atoms with E-state index in [0.29, 0.717) is 12.2 Å². The maximum Gasteiger partial charge on any atom is 0.306 e. The van der Waals surface area contributed by atoms with Gasteiger partial charge >= 0.3 is 5.97 Å². The number of hydrogen-bond acceptors (Lipinski definition) is 2. The predicted molar refractivity (Wildman–Crippen MR) is 49.5 cm³/mol. The predicted octanol–water partition coefficient (Wildman–Crippen LogP) is 1.11. The van der Waals surface area contributed by atoms with Crippen molar-refractivity contribution in [3.8, 4) is 0 Å². The Morgan fingerprint density at radius 2 is 2.08 bits per heavy atom. The first-order chi connectivity index (χ1) is 5.45. The Hall–Kier alpha value is -0.220. The minimum Gasteiger partial charge on any atom is -0.617 e. The largest absolute Gasteiger partial charge is 0.617 e. The molecule has 0 aromatic carbocycles. The van der Waals surface area contributed by atoms with Crippen LogP contribution in [-0.2, 0) is 16.0 Å². The molecule has 4 heteroatoms. The molecule has 0 saturated carbocycles. The van der Waals surface area contributed by atoms with Crippen LogP contribution in [0.4, 0.5) is 0 Å². The van der Waals surface area contributed by atoms with Crippen molar-refractivity contribution in [1.29, 1.82) is 0 Å². The minimum absolute atomic E-state index is 0.117. The van der Waals surface area contributed by atoms with Crippen molar-refractivity contribution in [2.75, 3.05) is 12.0 Å². The van der Waals surface area contributed by atoms with Crippen LogP contribution in [0.3, 0.4) is 0 Å². The second-order valence-electron chi connectivity index (χ2n) is 3.25. The molecule has 0 radical (unpaired) electrons. The van der Waals surface area contributed by atoms with E-state index in [9.17, 15) is 9.35 Å². The molecule has 2 atom stereocenters. The topological polar surface area (TPSA) is 60.4 Å². The molecule has 0 heterocycles. The lowest BCUT2D eigenvalue weighted by molar-refractivity contribution is -0.143. The van der Waals surface area contributed by atoms with Crippen LogP contribution in [0.15, 0.2) is 0 Å². The molecule has 0 aliphatic rings. The van der Waals surface area contributed by atoms with E-state index in [4.69, 9.17) is 5.11 Å². The number of carboxylic acid groups (broad SMARTS) is 1. The smallest absolute Gasteiger partial charge is 0.306 e. The normalized spacial score (nSPS) is 16.1. The second kappa shape index (κ2) is 5.43. The second-order valence-corrected chi connectivity index (χ2v) is 4.81. The van der Waals surface area contributed by atoms with Crippen LogP contribution < -0.4 is 0 Å². The van der Waals surface area contributed by atoms with E-state index in [-0.39, 0.29) is 11.8 Å². The van der Waals surface area contributed by atoms with Gasteiger partial charge in [-0.2, -0.15) is 0 Å². The lowest BCUT2D eigenvalue weighted by Gasteiger charge is -2.15. The van der Waals surface area contributed by atoms with E-state index in [0.717, 1.165) is 0 Å². The van der Waals surface area contributed by atoms with Gasteiger partial charge in [-0.05, 0) is 5.92 Å². The zero-order chi connectivity index (χ0) is 9.72. The lowest BCUT2D eigenvalue weighted by Crippen LogP contribution is -2.22. The SMILES string of the molecule is CC(C)C(CC[S+](C)[O-])C(=O)O. The van der Waals surface area contributed by atoms with E-state index in [1.807, 2.05) is 13.8 Å². The first kappa shape index (κ1) is 11.8. The van der Waals surface area contributed by atoms with E-state index in [2.05, 4.69) is 0 Å². The van der Waals surface area contributed by atoms with Gasteiger partial charge in [0, 0.05) is 6.42 Å². The highest BCUT2D eigenvalue weighted by molar-refractivity contribution is 7.90. The molecular weight excluding hydrogens is 176 g/mol. The van der Waals surface area contributed by atoms with Crippen molar-refractivity contribution >= 4 is 17.1 Å². The van der Waals surface area contributed by atoms with E-state index >= 15 is 0 Å². The van der Waals surface area contributed by atoms with Gasteiger partial charge in [0.1, 0.15) is 5.75 Å². The third-order valence-corrected chi connectivity index (χ3v) is 2.65. The standard InChI is InChI=1S/C8H16O3S/c1-6(2)7(8(9)10)4-5-12(3)11/h6-7H,4-5H2,1-3H3,(H,9,10). The molecule has 0 rings (SSSR count). The molecule has 0 spiro atoms. The number of carbonyl (C=O) groups is 1. The fraction of sp³-hybridized carbons (Fsp3) is 0.875. The van der Waals surface area contributed by atoms with Crippen LogP contribution in [0.2, 0.25) is 0 Å². The van der Waals surface area contributed by atoms with Crippen LogP contribution >= 0.6 is 0 Å². The number of aliphatic carboxylic acids is 1. The molecule has 0 saturated heterocycles. The molecule has 0 aliphatic carbocycles. The highest BCUT2D eigenvalue weighted by atomic mass is 32.2. The molecule has 12 heavy (non-hydrogen) atoms. The Morgan fingerprint density at radius 1 is 1.58 bits per heavy atom. The number of carboxylic acids is 1. The van der Waals surface area contributed by atoms with Crippen LogP contribution in [-0.4, -0.2) is 27.6 Å². The Morgan fingerprint density at radius 3 is 2.33 bits per heavy atom. The van der Waals surface area contributed by atoms with Crippen molar-refractivity contribution in [3.05, 3.63) is 0 Å². The molecule has 1 N–H and O–H groups in total. The molecule has 0 amide bonds. The molecule has 0 aromatic rings. The summed E-state index contributed by atoms with van der Waals surface area (Å²) in [5.74, 6) is -0.537. The first-order valence-electron chi connectivity index (χ1n) is 3.98. The molecule has 2 unspecified atom stereocenters. The molecular formula is C8H16O3S. The van der Waals surface area contributed by atoms with Gasteiger partial charge in [0.15, 0.2) is 0 Å². The van der Waals surface area contributed by atoms with Crippen LogP contribution in [0, 0.1) is 11.8 Å². The fourth-order valence-corrected chi connectivity index (χ4v) is 1.62. The van der Waals surface area contributed by atoms with Crippen molar-refractivity contribution in [2.24, 2.45) is 11.8 Å². The lowest BCUT2D eigenvalue weighted by atomic mass is 9.94. The van der Waals surface area contributed by atoms with Gasteiger partial charge in [-0.15, -0.1) is 0 Å². The van der Waals surface area contributed by atoms with Crippen molar-refractivity contribution < 1.29 is 14.5 Å². The highest BCUT2D eigenvalue weighted by Crippen LogP contribution is 2.15. The van der Waals surface area contributed by atoms with Crippen molar-refractivity contribution in [2.45, 2.75) is 20.3 Å². The van der Waals surface area contributed by atoms with Crippen LogP contribution in [0.5, 0.6) is 0 Å². The van der Waals surface area contributed by atoms with Gasteiger partial charge < -0.3 is 9.66 Å². The average molecular weight is 192 g/mol. The van der Waals surface area contributed by atoms with Gasteiger partial charge in [0.05, 0.1) is 12.2 Å². The van der Waals surface area contributed by atoms with Crippen LogP contribution in [0.25, 0.3) is 0 Å². The zero-order valence-corrected chi connectivity index (χ0v) is 8.56. The molecule has 0 bridgehead atoms. The van der Waals surface area contributed by atoms with Gasteiger partial charge in [-0.25, -0.2) is 0 Å². The minimum atomic E-state index is -0.883. The summed E-state index contributed by atoms with van der Waals surface area (Å²) in [7, 11) is 0. The summed E-state index contributed by atoms with van der Waals surface area (Å²) in [4.78, 5) is 10.7. The average Bonchev–Trinajstić information content (AvgIpc) is 1.84.